The van der Waals surface area contributed by atoms with E-state index in [9.17, 15) is 14.7 Å². The zero-order valence-electron chi connectivity index (χ0n) is 11.5. The van der Waals surface area contributed by atoms with Gasteiger partial charge in [-0.15, -0.1) is 0 Å². The van der Waals surface area contributed by atoms with Gasteiger partial charge in [-0.25, -0.2) is 4.79 Å². The lowest BCUT2D eigenvalue weighted by Gasteiger charge is -2.37. The Morgan fingerprint density at radius 3 is 2.06 bits per heavy atom. The van der Waals surface area contributed by atoms with Crippen LogP contribution in [0.3, 0.4) is 0 Å². The molecule has 104 valence electrons. The molecule has 0 aromatic heterocycles. The molecule has 1 fully saturated rings. The van der Waals surface area contributed by atoms with Crippen molar-refractivity contribution in [2.45, 2.75) is 52.0 Å². The first-order chi connectivity index (χ1) is 8.21. The second-order valence-corrected chi connectivity index (χ2v) is 6.18. The predicted octanol–water partition coefficient (Wildman–Crippen LogP) is 2.06. The predicted molar refractivity (Wildman–Crippen MR) is 69.1 cm³/mol. The Morgan fingerprint density at radius 1 is 1.22 bits per heavy atom. The number of nitrogens with two attached hydrogens (primary N) is 1. The summed E-state index contributed by atoms with van der Waals surface area (Å²) in [4.78, 5) is 23.8. The van der Waals surface area contributed by atoms with E-state index in [0.29, 0.717) is 12.5 Å². The van der Waals surface area contributed by atoms with Gasteiger partial charge in [-0.3, -0.25) is 4.79 Å². The third-order valence-electron chi connectivity index (χ3n) is 3.73. The van der Waals surface area contributed by atoms with Crippen molar-refractivity contribution >= 4 is 12.0 Å². The number of carbonyl (C=O) groups is 2. The minimum absolute atomic E-state index is 0.0193. The van der Waals surface area contributed by atoms with E-state index in [4.69, 9.17) is 5.73 Å². The summed E-state index contributed by atoms with van der Waals surface area (Å²) in [6.07, 6.45) is 2.47. The minimum Gasteiger partial charge on any atom is -0.465 e. The Morgan fingerprint density at radius 2 is 1.72 bits per heavy atom. The fourth-order valence-corrected chi connectivity index (χ4v) is 2.53. The molecule has 0 aromatic rings. The fraction of sp³-hybridized carbons (Fsp3) is 0.846. The maximum Gasteiger partial charge on any atom is 0.407 e. The first-order valence-corrected chi connectivity index (χ1v) is 6.51. The summed E-state index contributed by atoms with van der Waals surface area (Å²) in [7, 11) is 0. The van der Waals surface area contributed by atoms with Crippen LogP contribution in [-0.4, -0.2) is 34.1 Å². The molecule has 0 saturated heterocycles. The average Bonchev–Trinajstić information content (AvgIpc) is 2.24. The SMILES string of the molecule is CC(C)(C)N(CC1CCC(C(N)=O)CC1)C(=O)O. The lowest BCUT2D eigenvalue weighted by molar-refractivity contribution is -0.123. The van der Waals surface area contributed by atoms with E-state index in [1.165, 1.54) is 4.90 Å². The summed E-state index contributed by atoms with van der Waals surface area (Å²) in [6, 6.07) is 0. The van der Waals surface area contributed by atoms with Gasteiger partial charge in [-0.2, -0.15) is 0 Å². The van der Waals surface area contributed by atoms with E-state index < -0.39 is 6.09 Å². The lowest BCUT2D eigenvalue weighted by atomic mass is 9.81. The lowest BCUT2D eigenvalue weighted by Crippen LogP contribution is -2.47. The van der Waals surface area contributed by atoms with Gasteiger partial charge in [0.1, 0.15) is 0 Å². The molecule has 18 heavy (non-hydrogen) atoms. The number of hydrogen-bond donors (Lipinski definition) is 2. The van der Waals surface area contributed by atoms with Crippen molar-refractivity contribution in [3.63, 3.8) is 0 Å². The minimum atomic E-state index is -0.875. The van der Waals surface area contributed by atoms with Crippen molar-refractivity contribution < 1.29 is 14.7 Å². The van der Waals surface area contributed by atoms with Crippen molar-refractivity contribution in [3.8, 4) is 0 Å². The van der Waals surface area contributed by atoms with Gasteiger partial charge in [0, 0.05) is 18.0 Å². The third-order valence-corrected chi connectivity index (χ3v) is 3.73. The van der Waals surface area contributed by atoms with Gasteiger partial charge in [-0.05, 0) is 52.4 Å². The van der Waals surface area contributed by atoms with Crippen LogP contribution in [0, 0.1) is 11.8 Å². The van der Waals surface area contributed by atoms with Crippen LogP contribution in [0.15, 0.2) is 0 Å². The zero-order valence-corrected chi connectivity index (χ0v) is 11.5. The number of amides is 2. The van der Waals surface area contributed by atoms with Crippen LogP contribution in [0.1, 0.15) is 46.5 Å². The van der Waals surface area contributed by atoms with Crippen molar-refractivity contribution in [1.82, 2.24) is 4.90 Å². The smallest absolute Gasteiger partial charge is 0.407 e. The molecular weight excluding hydrogens is 232 g/mol. The summed E-state index contributed by atoms with van der Waals surface area (Å²) in [6.45, 7) is 6.24. The molecule has 3 N–H and O–H groups in total. The van der Waals surface area contributed by atoms with E-state index in [1.54, 1.807) is 0 Å². The van der Waals surface area contributed by atoms with Gasteiger partial charge in [0.05, 0.1) is 0 Å². The Balaban J connectivity index is 2.53. The van der Waals surface area contributed by atoms with Crippen LogP contribution < -0.4 is 5.73 Å². The molecule has 5 nitrogen and oxygen atoms in total. The van der Waals surface area contributed by atoms with Crippen LogP contribution >= 0.6 is 0 Å². The summed E-state index contributed by atoms with van der Waals surface area (Å²) in [5.41, 5.74) is 4.91. The normalized spacial score (nSPS) is 24.6. The maximum absolute atomic E-state index is 11.2. The molecule has 0 aliphatic heterocycles. The maximum atomic E-state index is 11.2. The first-order valence-electron chi connectivity index (χ1n) is 6.51. The topological polar surface area (TPSA) is 83.6 Å². The number of nitrogens with zero attached hydrogens (tertiary/aromatic N) is 1. The molecule has 1 saturated carbocycles. The molecule has 1 aliphatic rings. The highest BCUT2D eigenvalue weighted by atomic mass is 16.4. The van der Waals surface area contributed by atoms with Gasteiger partial charge in [-0.1, -0.05) is 0 Å². The van der Waals surface area contributed by atoms with Crippen LogP contribution in [0.2, 0.25) is 0 Å². The Hall–Kier alpha value is -1.26. The van der Waals surface area contributed by atoms with Gasteiger partial charge in [0.25, 0.3) is 0 Å². The number of carbonyl (C=O) groups excluding carboxylic acids is 1. The zero-order chi connectivity index (χ0) is 13.9. The highest BCUT2D eigenvalue weighted by Gasteiger charge is 2.31. The summed E-state index contributed by atoms with van der Waals surface area (Å²) >= 11 is 0. The van der Waals surface area contributed by atoms with Crippen LogP contribution in [-0.2, 0) is 4.79 Å². The van der Waals surface area contributed by atoms with Gasteiger partial charge < -0.3 is 15.7 Å². The van der Waals surface area contributed by atoms with E-state index in [2.05, 4.69) is 0 Å². The van der Waals surface area contributed by atoms with E-state index in [-0.39, 0.29) is 17.4 Å². The molecule has 0 radical (unpaired) electrons. The first kappa shape index (κ1) is 14.8. The number of primary amides is 1. The molecule has 0 aromatic carbocycles. The van der Waals surface area contributed by atoms with Crippen molar-refractivity contribution in [1.29, 1.82) is 0 Å². The molecule has 0 spiro atoms. The van der Waals surface area contributed by atoms with Crippen LogP contribution in [0.5, 0.6) is 0 Å². The molecule has 0 unspecified atom stereocenters. The van der Waals surface area contributed by atoms with Crippen molar-refractivity contribution in [3.05, 3.63) is 0 Å². The van der Waals surface area contributed by atoms with E-state index in [1.807, 2.05) is 20.8 Å². The van der Waals surface area contributed by atoms with Crippen LogP contribution in [0.25, 0.3) is 0 Å². The second kappa shape index (κ2) is 5.59. The highest BCUT2D eigenvalue weighted by Crippen LogP contribution is 2.30. The van der Waals surface area contributed by atoms with Gasteiger partial charge in [0.15, 0.2) is 0 Å². The summed E-state index contributed by atoms with van der Waals surface area (Å²) < 4.78 is 0. The quantitative estimate of drug-likeness (QED) is 0.810. The van der Waals surface area contributed by atoms with Crippen LogP contribution in [0.4, 0.5) is 4.79 Å². The highest BCUT2D eigenvalue weighted by molar-refractivity contribution is 5.76. The summed E-state index contributed by atoms with van der Waals surface area (Å²) in [5, 5.41) is 9.23. The largest absolute Gasteiger partial charge is 0.465 e. The molecule has 5 heteroatoms. The van der Waals surface area contributed by atoms with Gasteiger partial charge >= 0.3 is 6.09 Å². The molecule has 1 aliphatic carbocycles. The Kier molecular flexibility index (Phi) is 4.59. The third kappa shape index (κ3) is 3.89. The van der Waals surface area contributed by atoms with Crippen molar-refractivity contribution in [2.24, 2.45) is 17.6 Å². The number of carboxylic acid groups (broad SMARTS) is 1. The molecule has 0 atom stereocenters. The standard InChI is InChI=1S/C13H24N2O3/c1-13(2,3)15(12(17)18)8-9-4-6-10(7-5-9)11(14)16/h9-10H,4-8H2,1-3H3,(H2,14,16)(H,17,18). The molecule has 0 bridgehead atoms. The fourth-order valence-electron chi connectivity index (χ4n) is 2.53. The van der Waals surface area contributed by atoms with E-state index >= 15 is 0 Å². The Labute approximate surface area is 108 Å². The molecular formula is C13H24N2O3. The summed E-state index contributed by atoms with van der Waals surface area (Å²) in [5.74, 6) is 0.101. The molecule has 1 rings (SSSR count). The Bertz CT molecular complexity index is 315. The number of rotatable bonds is 3. The number of hydrogen-bond acceptors (Lipinski definition) is 2. The molecule has 0 heterocycles. The monoisotopic (exact) mass is 256 g/mol. The van der Waals surface area contributed by atoms with Gasteiger partial charge in [0.2, 0.25) is 5.91 Å². The second-order valence-electron chi connectivity index (χ2n) is 6.18. The molecule has 2 amide bonds. The van der Waals surface area contributed by atoms with E-state index in [0.717, 1.165) is 25.7 Å². The van der Waals surface area contributed by atoms with Crippen molar-refractivity contribution in [2.75, 3.05) is 6.54 Å². The average molecular weight is 256 g/mol.